The molecule has 1 aliphatic rings. The van der Waals surface area contributed by atoms with Gasteiger partial charge in [-0.05, 0) is 67.8 Å². The maximum atomic E-state index is 13.9. The summed E-state index contributed by atoms with van der Waals surface area (Å²) in [6.07, 6.45) is 1.81. The van der Waals surface area contributed by atoms with E-state index in [0.29, 0.717) is 51.1 Å². The van der Waals surface area contributed by atoms with Crippen molar-refractivity contribution >= 4 is 23.4 Å². The zero-order valence-electron chi connectivity index (χ0n) is 24.0. The molecule has 8 nitrogen and oxygen atoms in total. The van der Waals surface area contributed by atoms with Crippen LogP contribution in [0, 0.1) is 0 Å². The fourth-order valence-corrected chi connectivity index (χ4v) is 5.83. The van der Waals surface area contributed by atoms with Gasteiger partial charge in [-0.1, -0.05) is 59.9 Å². The highest BCUT2D eigenvalue weighted by atomic mass is 32.1. The number of thiazole rings is 1. The van der Waals surface area contributed by atoms with Crippen LogP contribution in [0.25, 0.3) is 6.08 Å². The maximum Gasteiger partial charge on any atom is 0.338 e. The molecule has 0 radical (unpaired) electrons. The van der Waals surface area contributed by atoms with Crippen molar-refractivity contribution in [3.63, 3.8) is 0 Å². The summed E-state index contributed by atoms with van der Waals surface area (Å²) < 4.78 is 24.6. The number of carbonyl (C=O) groups excluding carboxylic acids is 1. The van der Waals surface area contributed by atoms with Crippen molar-refractivity contribution in [3.8, 4) is 17.2 Å². The molecule has 1 aliphatic heterocycles. The predicted octanol–water partition coefficient (Wildman–Crippen LogP) is 4.78. The fourth-order valence-electron chi connectivity index (χ4n) is 4.78. The van der Waals surface area contributed by atoms with Gasteiger partial charge in [-0.3, -0.25) is 9.36 Å². The van der Waals surface area contributed by atoms with Crippen molar-refractivity contribution in [2.24, 2.45) is 4.99 Å². The second kappa shape index (κ2) is 12.9. The van der Waals surface area contributed by atoms with Crippen LogP contribution in [-0.2, 0) is 16.1 Å². The Hall–Kier alpha value is -4.63. The van der Waals surface area contributed by atoms with Gasteiger partial charge in [0.05, 0.1) is 42.2 Å². The molecule has 1 atom stereocenters. The SMILES string of the molecule is CCOC(=O)C1=C(C)N=c2s/c(=C/c3ccc(OCc4ccccc4)c(OCC)c3)c(=O)n2[C@@H]1c1ccc(OC)cc1. The van der Waals surface area contributed by atoms with Crippen LogP contribution in [-0.4, -0.2) is 30.9 Å². The molecule has 0 amide bonds. The Morgan fingerprint density at radius 3 is 2.43 bits per heavy atom. The Labute approximate surface area is 247 Å². The first-order chi connectivity index (χ1) is 20.4. The monoisotopic (exact) mass is 584 g/mol. The van der Waals surface area contributed by atoms with Gasteiger partial charge in [0.2, 0.25) is 0 Å². The summed E-state index contributed by atoms with van der Waals surface area (Å²) >= 11 is 1.27. The lowest BCUT2D eigenvalue weighted by molar-refractivity contribution is -0.139. The van der Waals surface area contributed by atoms with Crippen LogP contribution < -0.4 is 29.1 Å². The molecule has 0 spiro atoms. The van der Waals surface area contributed by atoms with Crippen molar-refractivity contribution in [1.82, 2.24) is 4.57 Å². The highest BCUT2D eigenvalue weighted by Crippen LogP contribution is 2.32. The Bertz CT molecular complexity index is 1790. The summed E-state index contributed by atoms with van der Waals surface area (Å²) in [6.45, 7) is 6.51. The molecule has 0 aliphatic carbocycles. The lowest BCUT2D eigenvalue weighted by Crippen LogP contribution is -2.39. The number of methoxy groups -OCH3 is 1. The number of allylic oxidation sites excluding steroid dienone is 1. The van der Waals surface area contributed by atoms with Crippen LogP contribution in [0.2, 0.25) is 0 Å². The summed E-state index contributed by atoms with van der Waals surface area (Å²) in [6, 6.07) is 22.1. The smallest absolute Gasteiger partial charge is 0.338 e. The third-order valence-corrected chi connectivity index (χ3v) is 7.73. The van der Waals surface area contributed by atoms with Gasteiger partial charge in [0.25, 0.3) is 5.56 Å². The van der Waals surface area contributed by atoms with Gasteiger partial charge in [-0.25, -0.2) is 9.79 Å². The molecular formula is C33H32N2O6S. The van der Waals surface area contributed by atoms with Crippen molar-refractivity contribution in [2.75, 3.05) is 20.3 Å². The predicted molar refractivity (Wildman–Crippen MR) is 162 cm³/mol. The van der Waals surface area contributed by atoms with Gasteiger partial charge in [0.1, 0.15) is 12.4 Å². The molecule has 1 aromatic heterocycles. The minimum atomic E-state index is -0.693. The average Bonchev–Trinajstić information content (AvgIpc) is 3.30. The molecule has 0 N–H and O–H groups in total. The third kappa shape index (κ3) is 6.01. The molecular weight excluding hydrogens is 552 g/mol. The zero-order valence-corrected chi connectivity index (χ0v) is 24.8. The molecule has 4 aromatic rings. The number of fused-ring (bicyclic) bond motifs is 1. The number of benzene rings is 3. The van der Waals surface area contributed by atoms with Crippen molar-refractivity contribution in [2.45, 2.75) is 33.4 Å². The van der Waals surface area contributed by atoms with E-state index in [4.69, 9.17) is 18.9 Å². The first-order valence-electron chi connectivity index (χ1n) is 13.7. The quantitative estimate of drug-likeness (QED) is 0.249. The van der Waals surface area contributed by atoms with Crippen LogP contribution >= 0.6 is 11.3 Å². The summed E-state index contributed by atoms with van der Waals surface area (Å²) in [5.74, 6) is 1.38. The van der Waals surface area contributed by atoms with E-state index in [-0.39, 0.29) is 12.2 Å². The minimum absolute atomic E-state index is 0.211. The standard InChI is InChI=1S/C33H32N2O6S/c1-5-39-27-18-23(12-17-26(27)41-20-22-10-8-7-9-11-22)19-28-31(36)35-30(24-13-15-25(38-4)16-14-24)29(32(37)40-6-2)21(3)34-33(35)42-28/h7-19,30H,5-6,20H2,1-4H3/b28-19+/t30-/m1/s1. The van der Waals surface area contributed by atoms with E-state index in [1.807, 2.05) is 73.7 Å². The number of hydrogen-bond donors (Lipinski definition) is 0. The van der Waals surface area contributed by atoms with Crippen molar-refractivity contribution in [1.29, 1.82) is 0 Å². The van der Waals surface area contributed by atoms with Gasteiger partial charge in [-0.2, -0.15) is 0 Å². The molecule has 0 saturated heterocycles. The van der Waals surface area contributed by atoms with E-state index >= 15 is 0 Å². The number of ether oxygens (including phenoxy) is 4. The van der Waals surface area contributed by atoms with Crippen molar-refractivity contribution < 1.29 is 23.7 Å². The molecule has 2 heterocycles. The molecule has 216 valence electrons. The highest BCUT2D eigenvalue weighted by molar-refractivity contribution is 7.07. The van der Waals surface area contributed by atoms with Crippen LogP contribution in [0.4, 0.5) is 0 Å². The Morgan fingerprint density at radius 2 is 1.74 bits per heavy atom. The summed E-state index contributed by atoms with van der Waals surface area (Å²) in [5.41, 5.74) is 3.17. The normalized spacial score (nSPS) is 14.7. The van der Waals surface area contributed by atoms with Crippen molar-refractivity contribution in [3.05, 3.63) is 120 Å². The maximum absolute atomic E-state index is 13.9. The fraction of sp³-hybridized carbons (Fsp3) is 0.242. The van der Waals surface area contributed by atoms with E-state index < -0.39 is 12.0 Å². The van der Waals surface area contributed by atoms with E-state index in [9.17, 15) is 9.59 Å². The first-order valence-corrected chi connectivity index (χ1v) is 14.5. The summed E-state index contributed by atoms with van der Waals surface area (Å²) in [4.78, 5) is 32.2. The van der Waals surface area contributed by atoms with Gasteiger partial charge < -0.3 is 18.9 Å². The summed E-state index contributed by atoms with van der Waals surface area (Å²) in [7, 11) is 1.59. The largest absolute Gasteiger partial charge is 0.497 e. The zero-order chi connectivity index (χ0) is 29.6. The lowest BCUT2D eigenvalue weighted by atomic mass is 9.96. The lowest BCUT2D eigenvalue weighted by Gasteiger charge is -2.24. The average molecular weight is 585 g/mol. The molecule has 0 saturated carbocycles. The van der Waals surface area contributed by atoms with Crippen LogP contribution in [0.15, 0.2) is 93.9 Å². The number of carbonyl (C=O) groups is 1. The molecule has 0 unspecified atom stereocenters. The molecule has 5 rings (SSSR count). The van der Waals surface area contributed by atoms with E-state index in [1.54, 1.807) is 37.7 Å². The molecule has 0 bridgehead atoms. The summed E-state index contributed by atoms with van der Waals surface area (Å²) in [5, 5.41) is 0. The van der Waals surface area contributed by atoms with Gasteiger partial charge in [0.15, 0.2) is 16.3 Å². The Morgan fingerprint density at radius 1 is 0.976 bits per heavy atom. The molecule has 42 heavy (non-hydrogen) atoms. The second-order valence-electron chi connectivity index (χ2n) is 9.49. The highest BCUT2D eigenvalue weighted by Gasteiger charge is 2.33. The van der Waals surface area contributed by atoms with E-state index in [2.05, 4.69) is 4.99 Å². The Balaban J connectivity index is 1.56. The number of hydrogen-bond acceptors (Lipinski definition) is 8. The van der Waals surface area contributed by atoms with Crippen LogP contribution in [0.5, 0.6) is 17.2 Å². The number of esters is 1. The molecule has 3 aromatic carbocycles. The molecule has 9 heteroatoms. The number of aromatic nitrogens is 1. The molecule has 0 fully saturated rings. The first kappa shape index (κ1) is 28.9. The van der Waals surface area contributed by atoms with Crippen LogP contribution in [0.1, 0.15) is 43.5 Å². The van der Waals surface area contributed by atoms with Gasteiger partial charge in [0, 0.05) is 0 Å². The number of rotatable bonds is 10. The topological polar surface area (TPSA) is 88.4 Å². The number of nitrogens with zero attached hydrogens (tertiary/aromatic N) is 2. The second-order valence-corrected chi connectivity index (χ2v) is 10.5. The minimum Gasteiger partial charge on any atom is -0.497 e. The van der Waals surface area contributed by atoms with E-state index in [0.717, 1.165) is 16.7 Å². The van der Waals surface area contributed by atoms with E-state index in [1.165, 1.54) is 11.3 Å². The van der Waals surface area contributed by atoms with Crippen LogP contribution in [0.3, 0.4) is 0 Å². The Kier molecular flexibility index (Phi) is 8.88. The third-order valence-electron chi connectivity index (χ3n) is 6.75. The van der Waals surface area contributed by atoms with Gasteiger partial charge in [-0.15, -0.1) is 0 Å². The van der Waals surface area contributed by atoms with Gasteiger partial charge >= 0.3 is 5.97 Å².